The van der Waals surface area contributed by atoms with Crippen molar-refractivity contribution in [1.82, 2.24) is 25.3 Å². The van der Waals surface area contributed by atoms with E-state index in [-0.39, 0.29) is 24.0 Å². The molecule has 0 radical (unpaired) electrons. The molecule has 1 saturated heterocycles. The maximum absolute atomic E-state index is 5.21. The van der Waals surface area contributed by atoms with Gasteiger partial charge in [-0.25, -0.2) is 9.67 Å². The fraction of sp³-hybridized carbons (Fsp3) is 0.545. The van der Waals surface area contributed by atoms with Crippen molar-refractivity contribution in [2.45, 2.75) is 52.2 Å². The summed E-state index contributed by atoms with van der Waals surface area (Å²) in [6.45, 7) is 10.3. The van der Waals surface area contributed by atoms with Gasteiger partial charge in [-0.15, -0.1) is 24.0 Å². The van der Waals surface area contributed by atoms with E-state index in [2.05, 4.69) is 41.4 Å². The first-order valence-corrected chi connectivity index (χ1v) is 10.6. The van der Waals surface area contributed by atoms with Crippen LogP contribution in [0.25, 0.3) is 5.69 Å². The SMILES string of the molecule is CCNC(=NCc1ccn(-c2ccc(OC)cc2)n1)NC1CCN(C(C)C)CC1.I. The number of benzene rings is 1. The number of nitrogens with zero attached hydrogens (tertiary/aromatic N) is 4. The maximum Gasteiger partial charge on any atom is 0.191 e. The summed E-state index contributed by atoms with van der Waals surface area (Å²) < 4.78 is 7.08. The summed E-state index contributed by atoms with van der Waals surface area (Å²) in [5.74, 6) is 1.71. The normalized spacial score (nSPS) is 15.7. The molecule has 0 saturated carbocycles. The van der Waals surface area contributed by atoms with Gasteiger partial charge in [-0.3, -0.25) is 0 Å². The smallest absolute Gasteiger partial charge is 0.191 e. The lowest BCUT2D eigenvalue weighted by Crippen LogP contribution is -2.49. The molecular formula is C22H35IN6O. The van der Waals surface area contributed by atoms with Gasteiger partial charge in [0.25, 0.3) is 0 Å². The second-order valence-corrected chi connectivity index (χ2v) is 7.69. The number of nitrogens with one attached hydrogen (secondary N) is 2. The number of hydrogen-bond donors (Lipinski definition) is 2. The van der Waals surface area contributed by atoms with Gasteiger partial charge in [0.2, 0.25) is 0 Å². The van der Waals surface area contributed by atoms with Crippen LogP contribution in [0.5, 0.6) is 5.75 Å². The molecular weight excluding hydrogens is 491 g/mol. The fourth-order valence-corrected chi connectivity index (χ4v) is 3.56. The third-order valence-corrected chi connectivity index (χ3v) is 5.33. The summed E-state index contributed by atoms with van der Waals surface area (Å²) in [5, 5.41) is 11.6. The van der Waals surface area contributed by atoms with Crippen molar-refractivity contribution in [3.63, 3.8) is 0 Å². The first kappa shape index (κ1) is 24.5. The lowest BCUT2D eigenvalue weighted by Gasteiger charge is -2.35. The lowest BCUT2D eigenvalue weighted by atomic mass is 10.0. The molecule has 0 unspecified atom stereocenters. The Morgan fingerprint density at radius 1 is 1.20 bits per heavy atom. The van der Waals surface area contributed by atoms with Gasteiger partial charge in [-0.05, 0) is 63.9 Å². The van der Waals surface area contributed by atoms with Crippen molar-refractivity contribution in [1.29, 1.82) is 0 Å². The Morgan fingerprint density at radius 2 is 1.90 bits per heavy atom. The number of aromatic nitrogens is 2. The summed E-state index contributed by atoms with van der Waals surface area (Å²) in [6, 6.07) is 11.0. The summed E-state index contributed by atoms with van der Waals surface area (Å²) in [4.78, 5) is 7.29. The van der Waals surface area contributed by atoms with E-state index < -0.39 is 0 Å². The predicted molar refractivity (Wildman–Crippen MR) is 133 cm³/mol. The van der Waals surface area contributed by atoms with E-state index in [4.69, 9.17) is 9.73 Å². The van der Waals surface area contributed by atoms with Crippen LogP contribution in [0.15, 0.2) is 41.5 Å². The van der Waals surface area contributed by atoms with Crippen molar-refractivity contribution in [2.24, 2.45) is 4.99 Å². The Bertz CT molecular complexity index is 781. The van der Waals surface area contributed by atoms with Crippen LogP contribution in [0.4, 0.5) is 0 Å². The standard InChI is InChI=1S/C22H34N6O.HI/c1-5-23-22(25-18-10-13-27(14-11-18)17(2)3)24-16-19-12-15-28(26-19)20-6-8-21(29-4)9-7-20;/h6-9,12,15,17-18H,5,10-11,13-14,16H2,1-4H3,(H2,23,24,25);1H. The molecule has 0 spiro atoms. The quantitative estimate of drug-likeness (QED) is 0.329. The van der Waals surface area contributed by atoms with Gasteiger partial charge >= 0.3 is 0 Å². The van der Waals surface area contributed by atoms with E-state index in [1.54, 1.807) is 7.11 Å². The number of likely N-dealkylation sites (tertiary alicyclic amines) is 1. The topological polar surface area (TPSA) is 66.7 Å². The third-order valence-electron chi connectivity index (χ3n) is 5.33. The molecule has 2 heterocycles. The highest BCUT2D eigenvalue weighted by Gasteiger charge is 2.21. The molecule has 0 atom stereocenters. The summed E-state index contributed by atoms with van der Waals surface area (Å²) in [7, 11) is 1.67. The number of aliphatic imine (C=N–C) groups is 1. The van der Waals surface area contributed by atoms with E-state index in [1.807, 2.05) is 41.2 Å². The van der Waals surface area contributed by atoms with Crippen LogP contribution in [-0.4, -0.2) is 59.5 Å². The Balaban J connectivity index is 0.00000320. The zero-order valence-electron chi connectivity index (χ0n) is 18.5. The first-order chi connectivity index (χ1) is 14.1. The fourth-order valence-electron chi connectivity index (χ4n) is 3.56. The summed E-state index contributed by atoms with van der Waals surface area (Å²) in [5.41, 5.74) is 1.94. The van der Waals surface area contributed by atoms with Crippen LogP contribution < -0.4 is 15.4 Å². The highest BCUT2D eigenvalue weighted by Crippen LogP contribution is 2.15. The van der Waals surface area contributed by atoms with Crippen LogP contribution in [0.1, 0.15) is 39.3 Å². The molecule has 2 aromatic rings. The highest BCUT2D eigenvalue weighted by molar-refractivity contribution is 14.0. The Morgan fingerprint density at radius 3 is 2.50 bits per heavy atom. The van der Waals surface area contributed by atoms with Crippen LogP contribution in [-0.2, 0) is 6.54 Å². The first-order valence-electron chi connectivity index (χ1n) is 10.6. The van der Waals surface area contributed by atoms with Crippen molar-refractivity contribution in [3.05, 3.63) is 42.2 Å². The van der Waals surface area contributed by atoms with E-state index in [1.165, 1.54) is 0 Å². The molecule has 0 bridgehead atoms. The third kappa shape index (κ3) is 6.87. The van der Waals surface area contributed by atoms with Crippen LogP contribution in [0, 0.1) is 0 Å². The minimum Gasteiger partial charge on any atom is -0.497 e. The van der Waals surface area contributed by atoms with Crippen molar-refractivity contribution < 1.29 is 4.74 Å². The monoisotopic (exact) mass is 526 g/mol. The number of rotatable bonds is 7. The minimum atomic E-state index is 0. The van der Waals surface area contributed by atoms with E-state index in [9.17, 15) is 0 Å². The van der Waals surface area contributed by atoms with E-state index in [0.29, 0.717) is 18.6 Å². The Hall–Kier alpha value is -1.81. The molecule has 30 heavy (non-hydrogen) atoms. The Kier molecular flexibility index (Phi) is 9.90. The molecule has 0 amide bonds. The van der Waals surface area contributed by atoms with Gasteiger partial charge in [0.05, 0.1) is 25.0 Å². The minimum absolute atomic E-state index is 0. The Labute approximate surface area is 197 Å². The lowest BCUT2D eigenvalue weighted by molar-refractivity contribution is 0.167. The molecule has 0 aliphatic carbocycles. The molecule has 7 nitrogen and oxygen atoms in total. The van der Waals surface area contributed by atoms with E-state index in [0.717, 1.165) is 55.6 Å². The largest absolute Gasteiger partial charge is 0.497 e. The molecule has 8 heteroatoms. The van der Waals surface area contributed by atoms with Crippen LogP contribution in [0.3, 0.4) is 0 Å². The highest BCUT2D eigenvalue weighted by atomic mass is 127. The molecule has 1 fully saturated rings. The second-order valence-electron chi connectivity index (χ2n) is 7.69. The van der Waals surface area contributed by atoms with Gasteiger partial charge in [0.1, 0.15) is 5.75 Å². The second kappa shape index (κ2) is 12.1. The zero-order chi connectivity index (χ0) is 20.6. The van der Waals surface area contributed by atoms with E-state index >= 15 is 0 Å². The number of guanidine groups is 1. The number of ether oxygens (including phenoxy) is 1. The average Bonchev–Trinajstić information content (AvgIpc) is 3.22. The van der Waals surface area contributed by atoms with Gasteiger partial charge in [-0.1, -0.05) is 0 Å². The van der Waals surface area contributed by atoms with Crippen LogP contribution >= 0.6 is 24.0 Å². The van der Waals surface area contributed by atoms with Crippen LogP contribution in [0.2, 0.25) is 0 Å². The molecule has 2 N–H and O–H groups in total. The summed E-state index contributed by atoms with van der Waals surface area (Å²) in [6.07, 6.45) is 4.26. The number of piperidine rings is 1. The van der Waals surface area contributed by atoms with Gasteiger partial charge < -0.3 is 20.3 Å². The number of methoxy groups -OCH3 is 1. The number of halogens is 1. The summed E-state index contributed by atoms with van der Waals surface area (Å²) >= 11 is 0. The molecule has 1 aromatic carbocycles. The molecule has 166 valence electrons. The van der Waals surface area contributed by atoms with Crippen molar-refractivity contribution >= 4 is 29.9 Å². The average molecular weight is 526 g/mol. The maximum atomic E-state index is 5.21. The zero-order valence-corrected chi connectivity index (χ0v) is 20.8. The molecule has 3 rings (SSSR count). The van der Waals surface area contributed by atoms with Gasteiger partial charge in [-0.2, -0.15) is 5.10 Å². The number of hydrogen-bond acceptors (Lipinski definition) is 4. The van der Waals surface area contributed by atoms with Crippen molar-refractivity contribution in [3.8, 4) is 11.4 Å². The molecule has 1 aliphatic heterocycles. The predicted octanol–water partition coefficient (Wildman–Crippen LogP) is 3.43. The molecule has 1 aromatic heterocycles. The van der Waals surface area contributed by atoms with Gasteiger partial charge in [0, 0.05) is 37.9 Å². The molecule has 1 aliphatic rings. The van der Waals surface area contributed by atoms with Crippen molar-refractivity contribution in [2.75, 3.05) is 26.7 Å². The van der Waals surface area contributed by atoms with Gasteiger partial charge in [0.15, 0.2) is 5.96 Å².